The van der Waals surface area contributed by atoms with Gasteiger partial charge in [0.2, 0.25) is 0 Å². The predicted octanol–water partition coefficient (Wildman–Crippen LogP) is 3.15. The molecule has 0 spiro atoms. The van der Waals surface area contributed by atoms with E-state index < -0.39 is 88.7 Å². The Hall–Kier alpha value is -2.25. The SMILES string of the molecule is CN1OB(c2c(F)c(F)c(F)c(F)c2F)N(C(C)(C)C)B1c1c(F)c(F)c(F)c(F)c1F. The third-order valence-electron chi connectivity index (χ3n) is 4.89. The second-order valence-corrected chi connectivity index (χ2v) is 7.92. The Morgan fingerprint density at radius 2 is 0.875 bits per heavy atom. The molecule has 0 N–H and O–H groups in total. The molecule has 0 atom stereocenters. The Bertz CT molecular complexity index is 1050. The van der Waals surface area contributed by atoms with Gasteiger partial charge in [-0.1, -0.05) is 0 Å². The summed E-state index contributed by atoms with van der Waals surface area (Å²) in [6.45, 7) is 1.88. The summed E-state index contributed by atoms with van der Waals surface area (Å²) >= 11 is 0. The molecule has 32 heavy (non-hydrogen) atoms. The first-order chi connectivity index (χ1) is 14.6. The van der Waals surface area contributed by atoms with Gasteiger partial charge in [0.25, 0.3) is 0 Å². The van der Waals surface area contributed by atoms with Gasteiger partial charge in [0.1, 0.15) is 0 Å². The van der Waals surface area contributed by atoms with E-state index >= 15 is 0 Å². The fourth-order valence-corrected chi connectivity index (χ4v) is 3.49. The summed E-state index contributed by atoms with van der Waals surface area (Å²) in [5.41, 5.74) is -4.37. The number of benzene rings is 2. The Kier molecular flexibility index (Phi) is 6.07. The molecule has 0 unspecified atom stereocenters. The number of hydrogen-bond acceptors (Lipinski definition) is 3. The Morgan fingerprint density at radius 1 is 0.562 bits per heavy atom. The molecule has 0 aliphatic carbocycles. The maximum atomic E-state index is 14.5. The van der Waals surface area contributed by atoms with E-state index in [4.69, 9.17) is 4.76 Å². The van der Waals surface area contributed by atoms with Crippen LogP contribution in [0, 0.1) is 58.2 Å². The molecule has 1 heterocycles. The highest BCUT2D eigenvalue weighted by atomic mass is 19.2. The van der Waals surface area contributed by atoms with E-state index in [1.165, 1.54) is 20.8 Å². The molecule has 0 bridgehead atoms. The first kappa shape index (κ1) is 24.4. The summed E-state index contributed by atoms with van der Waals surface area (Å²) in [5, 5.41) is 0. The zero-order valence-corrected chi connectivity index (χ0v) is 16.7. The molecular formula is C17H12B2F10N2O. The van der Waals surface area contributed by atoms with Crippen LogP contribution in [-0.2, 0) is 4.76 Å². The summed E-state index contributed by atoms with van der Waals surface area (Å²) < 4.78 is 146. The van der Waals surface area contributed by atoms with Crippen molar-refractivity contribution in [2.45, 2.75) is 26.3 Å². The third kappa shape index (κ3) is 3.46. The second-order valence-electron chi connectivity index (χ2n) is 7.92. The van der Waals surface area contributed by atoms with Crippen molar-refractivity contribution < 1.29 is 48.7 Å². The molecule has 15 heteroatoms. The van der Waals surface area contributed by atoms with Crippen LogP contribution in [0.5, 0.6) is 0 Å². The minimum Gasteiger partial charge on any atom is -0.343 e. The minimum absolute atomic E-state index is 0.492. The highest BCUT2D eigenvalue weighted by molar-refractivity contribution is 6.84. The number of hydroxylamine groups is 1. The summed E-state index contributed by atoms with van der Waals surface area (Å²) in [6.07, 6.45) is 0. The molecule has 3 rings (SSSR count). The van der Waals surface area contributed by atoms with Gasteiger partial charge < -0.3 is 9.48 Å². The van der Waals surface area contributed by atoms with E-state index in [1.807, 2.05) is 0 Å². The monoisotopic (exact) mass is 472 g/mol. The van der Waals surface area contributed by atoms with E-state index in [9.17, 15) is 43.9 Å². The molecule has 2 aromatic rings. The molecule has 1 aliphatic heterocycles. The molecule has 0 amide bonds. The summed E-state index contributed by atoms with van der Waals surface area (Å²) in [7, 11) is -1.27. The van der Waals surface area contributed by atoms with Crippen molar-refractivity contribution in [2.75, 3.05) is 7.05 Å². The van der Waals surface area contributed by atoms with Crippen LogP contribution in [0.1, 0.15) is 20.8 Å². The van der Waals surface area contributed by atoms with Gasteiger partial charge in [-0.05, 0) is 26.3 Å². The van der Waals surface area contributed by atoms with E-state index in [-0.39, 0.29) is 0 Å². The quantitative estimate of drug-likeness (QED) is 0.290. The molecule has 1 aliphatic rings. The van der Waals surface area contributed by atoms with Gasteiger partial charge >= 0.3 is 14.0 Å². The average molecular weight is 472 g/mol. The van der Waals surface area contributed by atoms with E-state index in [2.05, 4.69) is 0 Å². The van der Waals surface area contributed by atoms with Gasteiger partial charge in [0.05, 0.1) is 0 Å². The Balaban J connectivity index is 2.32. The molecule has 1 fully saturated rings. The van der Waals surface area contributed by atoms with Crippen LogP contribution in [0.4, 0.5) is 43.9 Å². The van der Waals surface area contributed by atoms with Gasteiger partial charge in [-0.3, -0.25) is 0 Å². The summed E-state index contributed by atoms with van der Waals surface area (Å²) in [4.78, 5) is 0.492. The molecular weight excluding hydrogens is 460 g/mol. The van der Waals surface area contributed by atoms with Crippen LogP contribution in [0.25, 0.3) is 0 Å². The zero-order valence-electron chi connectivity index (χ0n) is 16.7. The largest absolute Gasteiger partial charge is 0.433 e. The van der Waals surface area contributed by atoms with Crippen molar-refractivity contribution in [2.24, 2.45) is 0 Å². The molecule has 3 nitrogen and oxygen atoms in total. The molecule has 0 saturated carbocycles. The Morgan fingerprint density at radius 3 is 1.22 bits per heavy atom. The average Bonchev–Trinajstić information content (AvgIpc) is 3.05. The first-order valence-corrected chi connectivity index (χ1v) is 8.83. The van der Waals surface area contributed by atoms with Crippen molar-refractivity contribution >= 4 is 25.0 Å². The number of nitrogens with zero attached hydrogens (tertiary/aromatic N) is 2. The van der Waals surface area contributed by atoms with Gasteiger partial charge in [0.15, 0.2) is 58.2 Å². The van der Waals surface area contributed by atoms with Crippen molar-refractivity contribution in [3.63, 3.8) is 0 Å². The van der Waals surface area contributed by atoms with E-state index in [0.29, 0.717) is 9.70 Å². The lowest BCUT2D eigenvalue weighted by molar-refractivity contribution is 0.0713. The molecule has 0 radical (unpaired) electrons. The molecule has 2 aromatic carbocycles. The lowest BCUT2D eigenvalue weighted by atomic mass is 9.54. The Labute approximate surface area is 175 Å². The highest BCUT2D eigenvalue weighted by Crippen LogP contribution is 2.29. The normalized spacial score (nSPS) is 15.9. The van der Waals surface area contributed by atoms with Gasteiger partial charge in [-0.25, -0.2) is 48.9 Å². The van der Waals surface area contributed by atoms with Crippen LogP contribution in [-0.4, -0.2) is 36.3 Å². The first-order valence-electron chi connectivity index (χ1n) is 8.83. The topological polar surface area (TPSA) is 15.7 Å². The number of hydrogen-bond donors (Lipinski definition) is 0. The van der Waals surface area contributed by atoms with Gasteiger partial charge in [-0.15, -0.1) is 0 Å². The molecule has 172 valence electrons. The second kappa shape index (κ2) is 7.96. The lowest BCUT2D eigenvalue weighted by Gasteiger charge is -2.37. The fourth-order valence-electron chi connectivity index (χ4n) is 3.49. The predicted molar refractivity (Wildman–Crippen MR) is 93.7 cm³/mol. The van der Waals surface area contributed by atoms with E-state index in [1.54, 1.807) is 0 Å². The standard InChI is InChI=1S/C17H12B2F10N2O/c1-17(2,3)31-18(5-7(20)11(24)15(28)12(25)8(5)21)30(4)32-19(31)6-9(22)13(26)16(29)14(27)10(6)23/h1-4H3. The van der Waals surface area contributed by atoms with Gasteiger partial charge in [0, 0.05) is 18.0 Å². The van der Waals surface area contributed by atoms with Gasteiger partial charge in [-0.2, -0.15) is 0 Å². The molecule has 1 saturated heterocycles. The number of rotatable bonds is 2. The lowest BCUT2D eigenvalue weighted by Crippen LogP contribution is -2.65. The number of halogens is 10. The van der Waals surface area contributed by atoms with Crippen molar-refractivity contribution in [3.05, 3.63) is 58.2 Å². The summed E-state index contributed by atoms with van der Waals surface area (Å²) in [6, 6.07) is 0. The highest BCUT2D eigenvalue weighted by Gasteiger charge is 2.57. The maximum absolute atomic E-state index is 14.5. The van der Waals surface area contributed by atoms with Crippen molar-refractivity contribution in [3.8, 4) is 0 Å². The maximum Gasteiger partial charge on any atom is 0.433 e. The zero-order chi connectivity index (χ0) is 24.4. The third-order valence-corrected chi connectivity index (χ3v) is 4.89. The van der Waals surface area contributed by atoms with Crippen LogP contribution >= 0.6 is 0 Å². The van der Waals surface area contributed by atoms with Crippen molar-refractivity contribution in [1.29, 1.82) is 0 Å². The summed E-state index contributed by atoms with van der Waals surface area (Å²) in [5.74, 6) is -23.2. The minimum atomic E-state index is -2.45. The molecule has 0 aromatic heterocycles. The smallest absolute Gasteiger partial charge is 0.343 e. The fraction of sp³-hybridized carbons (Fsp3) is 0.294. The van der Waals surface area contributed by atoms with Crippen molar-refractivity contribution in [1.82, 2.24) is 9.70 Å². The van der Waals surface area contributed by atoms with Crippen LogP contribution in [0.2, 0.25) is 0 Å². The van der Waals surface area contributed by atoms with Crippen LogP contribution in [0.15, 0.2) is 0 Å². The van der Waals surface area contributed by atoms with E-state index in [0.717, 1.165) is 7.05 Å². The van der Waals surface area contributed by atoms with Crippen LogP contribution in [0.3, 0.4) is 0 Å². The van der Waals surface area contributed by atoms with Crippen LogP contribution < -0.4 is 10.9 Å².